The maximum absolute atomic E-state index is 14.6. The highest BCUT2D eigenvalue weighted by atomic mass is 32.2. The number of fused-ring (bicyclic) bond motifs is 5. The fourth-order valence-corrected chi connectivity index (χ4v) is 9.19. The SMILES string of the molecule is C=C[C@@H]1CC1(NC(=O)[C@@H]1C[C@@H]2CN1C(=O)[C@H](C(C)(C)C)NC(=O)O[C@@]1(C)C[C@@H]1CCCCCc1nc3ccccc3nc1O2)C(=O)NS(=O)(=O)C1CC1. The molecule has 3 saturated carbocycles. The number of amides is 4. The molecule has 5 aliphatic rings. The van der Waals surface area contributed by atoms with Crippen molar-refractivity contribution in [2.24, 2.45) is 17.3 Å². The number of sulfonamides is 1. The van der Waals surface area contributed by atoms with Crippen LogP contribution in [0.5, 0.6) is 5.88 Å². The molecule has 7 rings (SSSR count). The molecule has 1 saturated heterocycles. The monoisotopic (exact) mass is 750 g/mol. The third-order valence-electron chi connectivity index (χ3n) is 11.5. The lowest BCUT2D eigenvalue weighted by Crippen LogP contribution is -2.60. The van der Waals surface area contributed by atoms with Gasteiger partial charge in [0.05, 0.1) is 22.8 Å². The van der Waals surface area contributed by atoms with E-state index in [-0.39, 0.29) is 25.3 Å². The lowest BCUT2D eigenvalue weighted by Gasteiger charge is -2.35. The molecule has 0 spiro atoms. The van der Waals surface area contributed by atoms with E-state index in [4.69, 9.17) is 19.4 Å². The molecule has 4 fully saturated rings. The Morgan fingerprint density at radius 3 is 2.43 bits per heavy atom. The van der Waals surface area contributed by atoms with Crippen LogP contribution in [0.3, 0.4) is 0 Å². The zero-order valence-electron chi connectivity index (χ0n) is 30.9. The molecule has 1 aromatic carbocycles. The van der Waals surface area contributed by atoms with E-state index in [0.29, 0.717) is 36.4 Å². The summed E-state index contributed by atoms with van der Waals surface area (Å²) in [7, 11) is -3.89. The van der Waals surface area contributed by atoms with Gasteiger partial charge in [-0.25, -0.2) is 23.2 Å². The predicted molar refractivity (Wildman–Crippen MR) is 195 cm³/mol. The van der Waals surface area contributed by atoms with Gasteiger partial charge in [0, 0.05) is 18.3 Å². The number of alkyl carbamates (subject to hydrolysis) is 1. The number of carbonyl (C=O) groups excluding carboxylic acids is 4. The normalized spacial score (nSPS) is 32.1. The molecule has 1 aromatic heterocycles. The molecule has 2 bridgehead atoms. The molecule has 7 atom stereocenters. The number of benzene rings is 1. The molecule has 1 unspecified atom stereocenters. The van der Waals surface area contributed by atoms with Crippen molar-refractivity contribution in [3.63, 3.8) is 0 Å². The number of ether oxygens (including phenoxy) is 2. The molecule has 53 heavy (non-hydrogen) atoms. The molecule has 15 heteroatoms. The highest BCUT2D eigenvalue weighted by Crippen LogP contribution is 2.50. The van der Waals surface area contributed by atoms with Gasteiger partial charge >= 0.3 is 6.09 Å². The zero-order chi connectivity index (χ0) is 37.9. The van der Waals surface area contributed by atoms with Crippen LogP contribution >= 0.6 is 0 Å². The van der Waals surface area contributed by atoms with Crippen LogP contribution in [0, 0.1) is 17.3 Å². The smallest absolute Gasteiger partial charge is 0.408 e. The van der Waals surface area contributed by atoms with Gasteiger partial charge in [0.2, 0.25) is 27.7 Å². The van der Waals surface area contributed by atoms with E-state index in [1.807, 2.05) is 52.0 Å². The van der Waals surface area contributed by atoms with Crippen molar-refractivity contribution < 1.29 is 37.1 Å². The Labute approximate surface area is 310 Å². The molecule has 0 radical (unpaired) electrons. The van der Waals surface area contributed by atoms with Crippen molar-refractivity contribution in [3.05, 3.63) is 42.6 Å². The summed E-state index contributed by atoms with van der Waals surface area (Å²) >= 11 is 0. The molecule has 14 nitrogen and oxygen atoms in total. The van der Waals surface area contributed by atoms with Crippen LogP contribution in [0.4, 0.5) is 4.79 Å². The summed E-state index contributed by atoms with van der Waals surface area (Å²) in [5.41, 5.74) is -0.883. The van der Waals surface area contributed by atoms with Crippen molar-refractivity contribution in [1.29, 1.82) is 0 Å². The van der Waals surface area contributed by atoms with Gasteiger partial charge in [-0.3, -0.25) is 19.1 Å². The molecule has 2 aliphatic heterocycles. The quantitative estimate of drug-likeness (QED) is 0.368. The van der Waals surface area contributed by atoms with Crippen LogP contribution in [-0.2, 0) is 35.6 Å². The minimum absolute atomic E-state index is 0.0197. The predicted octanol–water partition coefficient (Wildman–Crippen LogP) is 3.68. The van der Waals surface area contributed by atoms with Crippen LogP contribution < -0.4 is 20.1 Å². The van der Waals surface area contributed by atoms with Gasteiger partial charge in [0.15, 0.2) is 0 Å². The number of nitrogens with one attached hydrogen (secondary N) is 3. The van der Waals surface area contributed by atoms with Gasteiger partial charge in [-0.2, -0.15) is 0 Å². The third-order valence-corrected chi connectivity index (χ3v) is 13.3. The van der Waals surface area contributed by atoms with Crippen molar-refractivity contribution >= 4 is 44.9 Å². The van der Waals surface area contributed by atoms with Gasteiger partial charge < -0.3 is 25.0 Å². The second-order valence-electron chi connectivity index (χ2n) is 16.8. The van der Waals surface area contributed by atoms with Crippen molar-refractivity contribution in [1.82, 2.24) is 30.2 Å². The van der Waals surface area contributed by atoms with Gasteiger partial charge in [-0.15, -0.1) is 6.58 Å². The molecule has 286 valence electrons. The molecule has 4 amide bonds. The zero-order valence-corrected chi connectivity index (χ0v) is 31.7. The highest BCUT2D eigenvalue weighted by molar-refractivity contribution is 7.91. The van der Waals surface area contributed by atoms with Crippen LogP contribution in [0.25, 0.3) is 11.0 Å². The van der Waals surface area contributed by atoms with Crippen LogP contribution in [-0.4, -0.2) is 88.2 Å². The number of carbonyl (C=O) groups is 4. The Kier molecular flexibility index (Phi) is 9.47. The van der Waals surface area contributed by atoms with Gasteiger partial charge in [-0.05, 0) is 69.4 Å². The minimum Gasteiger partial charge on any atom is -0.471 e. The Hall–Kier alpha value is -4.27. The van der Waals surface area contributed by atoms with Crippen LogP contribution in [0.15, 0.2) is 36.9 Å². The number of aryl methyl sites for hydroxylation is 1. The molecule has 3 heterocycles. The minimum atomic E-state index is -3.89. The second-order valence-corrected chi connectivity index (χ2v) is 18.7. The largest absolute Gasteiger partial charge is 0.471 e. The average Bonchev–Trinajstić information content (AvgIpc) is 4.04. The summed E-state index contributed by atoms with van der Waals surface area (Å²) in [6.45, 7) is 11.1. The van der Waals surface area contributed by atoms with Gasteiger partial charge in [0.1, 0.15) is 35.0 Å². The maximum atomic E-state index is 14.6. The topological polar surface area (TPSA) is 186 Å². The van der Waals surface area contributed by atoms with E-state index in [1.165, 1.54) is 11.0 Å². The summed E-state index contributed by atoms with van der Waals surface area (Å²) in [5.74, 6) is -1.95. The molecular weight excluding hydrogens is 701 g/mol. The van der Waals surface area contributed by atoms with Crippen LogP contribution in [0.2, 0.25) is 0 Å². The summed E-state index contributed by atoms with van der Waals surface area (Å²) < 4.78 is 40.1. The van der Waals surface area contributed by atoms with Gasteiger partial charge in [0.25, 0.3) is 5.91 Å². The van der Waals surface area contributed by atoms with Crippen molar-refractivity contribution in [3.8, 4) is 5.88 Å². The first-order valence-corrected chi connectivity index (χ1v) is 20.3. The van der Waals surface area contributed by atoms with E-state index in [1.54, 1.807) is 0 Å². The summed E-state index contributed by atoms with van der Waals surface area (Å²) in [4.78, 5) is 67.0. The summed E-state index contributed by atoms with van der Waals surface area (Å²) in [6.07, 6.45) is 6.24. The van der Waals surface area contributed by atoms with E-state index >= 15 is 0 Å². The van der Waals surface area contributed by atoms with Gasteiger partial charge in [-0.1, -0.05) is 51.8 Å². The Balaban J connectivity index is 1.21. The van der Waals surface area contributed by atoms with E-state index in [9.17, 15) is 27.6 Å². The second kappa shape index (κ2) is 13.5. The fraction of sp³-hybridized carbons (Fsp3) is 0.632. The first kappa shape index (κ1) is 37.1. The van der Waals surface area contributed by atoms with Crippen LogP contribution in [0.1, 0.15) is 91.2 Å². The van der Waals surface area contributed by atoms with Crippen molar-refractivity contribution in [2.45, 2.75) is 126 Å². The maximum Gasteiger partial charge on any atom is 0.408 e. The number of hydrogen-bond acceptors (Lipinski definition) is 10. The number of hydrogen-bond donors (Lipinski definition) is 3. The number of aromatic nitrogens is 2. The Morgan fingerprint density at radius 2 is 1.77 bits per heavy atom. The molecule has 2 aromatic rings. The average molecular weight is 751 g/mol. The summed E-state index contributed by atoms with van der Waals surface area (Å²) in [6, 6.07) is 5.31. The molecule has 3 aliphatic carbocycles. The lowest BCUT2D eigenvalue weighted by atomic mass is 9.85. The Morgan fingerprint density at radius 1 is 1.06 bits per heavy atom. The number of nitrogens with zero attached hydrogens (tertiary/aromatic N) is 3. The van der Waals surface area contributed by atoms with E-state index in [0.717, 1.165) is 37.6 Å². The van der Waals surface area contributed by atoms with E-state index < -0.39 is 79.7 Å². The Bertz CT molecular complexity index is 1950. The fourth-order valence-electron chi connectivity index (χ4n) is 7.83. The number of rotatable bonds is 6. The number of para-hydroxylation sites is 2. The van der Waals surface area contributed by atoms with E-state index in [2.05, 4.69) is 21.9 Å². The summed E-state index contributed by atoms with van der Waals surface area (Å²) in [5, 5.41) is 5.00. The van der Waals surface area contributed by atoms with Crippen molar-refractivity contribution in [2.75, 3.05) is 6.54 Å². The molecule has 3 N–H and O–H groups in total. The molecular formula is C38H50N6O8S. The first-order valence-electron chi connectivity index (χ1n) is 18.8. The standard InChI is InChI=1S/C38H50N6O8S/c1-6-22-20-38(22,34(47)43-53(49,50)25-16-17-25)42-31(45)29-18-24-21-44(29)33(46)30(36(2,3)4)41-35(48)52-37(5)19-23(37)12-8-7-9-15-28-32(51-24)40-27-14-11-10-13-26(27)39-28/h6,10-11,13-14,22-25,29-30H,1,7-9,12,15-21H2,2-5H3,(H,41,48)(H,42,45)(H,43,47)/t22-,23+,24-,29+,30-,37+,38?/m1/s1. The highest BCUT2D eigenvalue weighted by Gasteiger charge is 2.62. The third kappa shape index (κ3) is 7.58. The first-order chi connectivity index (χ1) is 25.0. The lowest BCUT2D eigenvalue weighted by molar-refractivity contribution is -0.143.